The Morgan fingerprint density at radius 1 is 1.30 bits per heavy atom. The second-order valence-electron chi connectivity index (χ2n) is 3.98. The molecule has 0 bridgehead atoms. The molecule has 0 aliphatic heterocycles. The number of hydrogen-bond acceptors (Lipinski definition) is 5. The van der Waals surface area contributed by atoms with Crippen molar-refractivity contribution >= 4 is 41.3 Å². The fourth-order valence-electron chi connectivity index (χ4n) is 1.86. The Morgan fingerprint density at radius 2 is 2.05 bits per heavy atom. The molecule has 0 N–H and O–H groups in total. The molecule has 0 fully saturated rings. The fourth-order valence-corrected chi connectivity index (χ4v) is 3.45. The molecule has 20 heavy (non-hydrogen) atoms. The van der Waals surface area contributed by atoms with Crippen LogP contribution in [0.2, 0.25) is 4.34 Å². The third kappa shape index (κ3) is 4.07. The number of benzene rings is 1. The van der Waals surface area contributed by atoms with Crippen LogP contribution in [0.1, 0.15) is 22.8 Å². The van der Waals surface area contributed by atoms with Crippen LogP contribution < -0.4 is 0 Å². The van der Waals surface area contributed by atoms with Gasteiger partial charge in [0.2, 0.25) is 0 Å². The number of thiophene rings is 1. The van der Waals surface area contributed by atoms with Gasteiger partial charge >= 0.3 is 0 Å². The third-order valence-corrected chi connectivity index (χ3v) is 4.76. The van der Waals surface area contributed by atoms with Gasteiger partial charge < -0.3 is 4.79 Å². The molecule has 106 valence electrons. The summed E-state index contributed by atoms with van der Waals surface area (Å²) in [4.78, 5) is 17.5. The summed E-state index contributed by atoms with van der Waals surface area (Å²) in [5, 5.41) is 0. The van der Waals surface area contributed by atoms with Gasteiger partial charge in [0.15, 0.2) is 0 Å². The molecular weight excluding hydrogens is 316 g/mol. The van der Waals surface area contributed by atoms with Crippen LogP contribution >= 0.6 is 35.0 Å². The minimum Gasteiger partial charge on any atom is -0.303 e. The first kappa shape index (κ1) is 15.5. The predicted octanol–water partition coefficient (Wildman–Crippen LogP) is 4.71. The van der Waals surface area contributed by atoms with E-state index in [-0.39, 0.29) is 5.92 Å². The molecule has 0 aliphatic carbocycles. The molecule has 3 nitrogen and oxygen atoms in total. The summed E-state index contributed by atoms with van der Waals surface area (Å²) in [5.74, 6) is 0.0485. The lowest BCUT2D eigenvalue weighted by Gasteiger charge is -2.13. The molecule has 0 radical (unpaired) electrons. The second-order valence-corrected chi connectivity index (χ2v) is 6.50. The van der Waals surface area contributed by atoms with Crippen molar-refractivity contribution in [3.63, 3.8) is 0 Å². The Bertz CT molecular complexity index is 554. The van der Waals surface area contributed by atoms with Crippen molar-refractivity contribution in [3.05, 3.63) is 51.2 Å². The molecule has 2 aromatic rings. The standard InChI is InChI=1S/C14H13ClO3S2/c1-17-18-20-11-4-2-10(3-5-11)12(8-9-16)13-6-7-14(15)19-13/h2-7,9,12H,8H2,1H3/t12-/m1/s1. The van der Waals surface area contributed by atoms with Crippen molar-refractivity contribution in [1.82, 2.24) is 0 Å². The van der Waals surface area contributed by atoms with Gasteiger partial charge in [0.05, 0.1) is 23.5 Å². The van der Waals surface area contributed by atoms with E-state index in [4.69, 9.17) is 15.9 Å². The van der Waals surface area contributed by atoms with Crippen LogP contribution in [-0.4, -0.2) is 13.4 Å². The van der Waals surface area contributed by atoms with Crippen LogP contribution in [0, 0.1) is 0 Å². The molecule has 2 rings (SSSR count). The van der Waals surface area contributed by atoms with Crippen LogP contribution in [0.3, 0.4) is 0 Å². The lowest BCUT2D eigenvalue weighted by molar-refractivity contribution is -0.160. The number of rotatable bonds is 7. The van der Waals surface area contributed by atoms with Gasteiger partial charge in [-0.1, -0.05) is 23.7 Å². The highest BCUT2D eigenvalue weighted by atomic mass is 35.5. The van der Waals surface area contributed by atoms with Crippen LogP contribution in [-0.2, 0) is 14.0 Å². The zero-order chi connectivity index (χ0) is 14.4. The average Bonchev–Trinajstić information content (AvgIpc) is 2.89. The highest BCUT2D eigenvalue weighted by Gasteiger charge is 2.16. The van der Waals surface area contributed by atoms with E-state index in [0.717, 1.165) is 38.0 Å². The summed E-state index contributed by atoms with van der Waals surface area (Å²) in [5.41, 5.74) is 1.08. The van der Waals surface area contributed by atoms with Crippen LogP contribution in [0.25, 0.3) is 0 Å². The maximum Gasteiger partial charge on any atom is 0.120 e. The number of carbonyl (C=O) groups is 1. The van der Waals surface area contributed by atoms with E-state index in [2.05, 4.69) is 4.89 Å². The first-order valence-electron chi connectivity index (χ1n) is 5.90. The first-order chi connectivity index (χ1) is 9.74. The Kier molecular flexibility index (Phi) is 6.06. The van der Waals surface area contributed by atoms with Gasteiger partial charge in [0.25, 0.3) is 0 Å². The fraction of sp³-hybridized carbons (Fsp3) is 0.214. The van der Waals surface area contributed by atoms with Gasteiger partial charge in [-0.05, 0) is 29.8 Å². The summed E-state index contributed by atoms with van der Waals surface area (Å²) < 4.78 is 5.53. The van der Waals surface area contributed by atoms with Crippen molar-refractivity contribution in [2.75, 3.05) is 7.11 Å². The summed E-state index contributed by atoms with van der Waals surface area (Å²) in [6.07, 6.45) is 1.38. The molecular formula is C14H13ClO3S2. The van der Waals surface area contributed by atoms with Gasteiger partial charge in [-0.15, -0.1) is 11.3 Å². The van der Waals surface area contributed by atoms with Gasteiger partial charge in [-0.3, -0.25) is 0 Å². The summed E-state index contributed by atoms with van der Waals surface area (Å²) >= 11 is 8.62. The largest absolute Gasteiger partial charge is 0.303 e. The monoisotopic (exact) mass is 328 g/mol. The molecule has 1 heterocycles. The van der Waals surface area contributed by atoms with E-state index >= 15 is 0 Å². The van der Waals surface area contributed by atoms with E-state index < -0.39 is 0 Å². The van der Waals surface area contributed by atoms with E-state index in [9.17, 15) is 4.79 Å². The van der Waals surface area contributed by atoms with Gasteiger partial charge in [-0.2, -0.15) is 4.33 Å². The maximum absolute atomic E-state index is 10.9. The molecule has 0 unspecified atom stereocenters. The van der Waals surface area contributed by atoms with Crippen molar-refractivity contribution in [1.29, 1.82) is 0 Å². The number of aldehydes is 1. The minimum absolute atomic E-state index is 0.0485. The maximum atomic E-state index is 10.9. The van der Waals surface area contributed by atoms with E-state index in [1.54, 1.807) is 0 Å². The van der Waals surface area contributed by atoms with E-state index in [0.29, 0.717) is 6.42 Å². The SMILES string of the molecule is COOSc1ccc([C@@H](CC=O)c2ccc(Cl)s2)cc1. The Labute approximate surface area is 131 Å². The lowest BCUT2D eigenvalue weighted by atomic mass is 9.95. The van der Waals surface area contributed by atoms with Crippen molar-refractivity contribution in [2.24, 2.45) is 0 Å². The number of halogens is 1. The molecule has 1 aromatic carbocycles. The Hall–Kier alpha value is -0.850. The van der Waals surface area contributed by atoms with Crippen molar-refractivity contribution in [2.45, 2.75) is 17.2 Å². The van der Waals surface area contributed by atoms with Gasteiger partial charge in [-0.25, -0.2) is 4.89 Å². The molecule has 0 aliphatic rings. The molecule has 0 saturated carbocycles. The molecule has 1 atom stereocenters. The first-order valence-corrected chi connectivity index (χ1v) is 7.84. The molecule has 1 aromatic heterocycles. The molecule has 0 spiro atoms. The normalized spacial score (nSPS) is 12.3. The molecule has 0 saturated heterocycles. The van der Waals surface area contributed by atoms with Crippen LogP contribution in [0.5, 0.6) is 0 Å². The topological polar surface area (TPSA) is 35.5 Å². The Balaban J connectivity index is 2.19. The lowest BCUT2D eigenvalue weighted by Crippen LogP contribution is -1.99. The van der Waals surface area contributed by atoms with E-state index in [1.807, 2.05) is 36.4 Å². The van der Waals surface area contributed by atoms with Crippen molar-refractivity contribution in [3.8, 4) is 0 Å². The number of hydrogen-bond donors (Lipinski definition) is 0. The van der Waals surface area contributed by atoms with Crippen LogP contribution in [0.4, 0.5) is 0 Å². The summed E-state index contributed by atoms with van der Waals surface area (Å²) in [7, 11) is 1.46. The highest BCUT2D eigenvalue weighted by molar-refractivity contribution is 7.94. The molecule has 6 heteroatoms. The third-order valence-electron chi connectivity index (χ3n) is 2.75. The van der Waals surface area contributed by atoms with E-state index in [1.165, 1.54) is 18.4 Å². The smallest absolute Gasteiger partial charge is 0.120 e. The zero-order valence-corrected chi connectivity index (χ0v) is 13.1. The molecule has 0 amide bonds. The highest BCUT2D eigenvalue weighted by Crippen LogP contribution is 2.35. The zero-order valence-electron chi connectivity index (χ0n) is 10.7. The van der Waals surface area contributed by atoms with Crippen molar-refractivity contribution < 1.29 is 14.0 Å². The summed E-state index contributed by atoms with van der Waals surface area (Å²) in [6.45, 7) is 0. The van der Waals surface area contributed by atoms with Gasteiger partial charge in [0.1, 0.15) is 6.29 Å². The average molecular weight is 329 g/mol. The summed E-state index contributed by atoms with van der Waals surface area (Å²) in [6, 6.07) is 11.7. The quantitative estimate of drug-likeness (QED) is 0.319. The minimum atomic E-state index is 0.0485. The van der Waals surface area contributed by atoms with Gasteiger partial charge in [0, 0.05) is 22.1 Å². The number of carbonyl (C=O) groups excluding carboxylic acids is 1. The van der Waals surface area contributed by atoms with Crippen LogP contribution in [0.15, 0.2) is 41.3 Å². The second kappa shape index (κ2) is 7.81. The predicted molar refractivity (Wildman–Crippen MR) is 82.2 cm³/mol. The Morgan fingerprint density at radius 3 is 2.60 bits per heavy atom.